The number of hydrogen-bond donors (Lipinski definition) is 1. The van der Waals surface area contributed by atoms with Crippen LogP contribution in [0.25, 0.3) is 16.8 Å². The van der Waals surface area contributed by atoms with E-state index in [0.29, 0.717) is 10.7 Å². The van der Waals surface area contributed by atoms with Crippen molar-refractivity contribution in [1.82, 2.24) is 15.2 Å². The number of nitrogens with zero attached hydrogens (tertiary/aromatic N) is 2. The molecule has 0 radical (unpaired) electrons. The molecule has 8 heteroatoms. The normalized spacial score (nSPS) is 15.0. The maximum absolute atomic E-state index is 12.5. The minimum Gasteiger partial charge on any atom is -0.484 e. The number of carbonyl (C=O) groups is 3. The minimum absolute atomic E-state index is 0.0940. The molecule has 31 heavy (non-hydrogen) atoms. The average molecular weight is 433 g/mol. The third-order valence-corrected chi connectivity index (χ3v) is 5.51. The first-order valence-corrected chi connectivity index (χ1v) is 10.5. The number of benzene rings is 2. The van der Waals surface area contributed by atoms with Crippen molar-refractivity contribution in [3.8, 4) is 5.75 Å². The molecule has 4 rings (SSSR count). The molecule has 0 atom stereocenters. The molecule has 2 aromatic carbocycles. The molecule has 7 nitrogen and oxygen atoms in total. The largest absolute Gasteiger partial charge is 0.484 e. The highest BCUT2D eigenvalue weighted by molar-refractivity contribution is 8.18. The lowest BCUT2D eigenvalue weighted by atomic mass is 10.1. The second kappa shape index (κ2) is 9.44. The van der Waals surface area contributed by atoms with E-state index >= 15 is 0 Å². The Morgan fingerprint density at radius 1 is 1.10 bits per heavy atom. The Morgan fingerprint density at radius 3 is 2.74 bits per heavy atom. The SMILES string of the molecule is O=C(COc1ccc2ccccc2c1)NCCN1C(=O)SC(=Cc2cccnc2)C1=O. The zero-order chi connectivity index (χ0) is 21.6. The molecule has 1 saturated heterocycles. The summed E-state index contributed by atoms with van der Waals surface area (Å²) in [5, 5.41) is 4.43. The van der Waals surface area contributed by atoms with E-state index in [1.165, 1.54) is 0 Å². The van der Waals surface area contributed by atoms with Crippen molar-refractivity contribution in [3.63, 3.8) is 0 Å². The van der Waals surface area contributed by atoms with Gasteiger partial charge in [0.05, 0.1) is 4.91 Å². The quantitative estimate of drug-likeness (QED) is 0.574. The highest BCUT2D eigenvalue weighted by atomic mass is 32.2. The van der Waals surface area contributed by atoms with E-state index in [0.717, 1.165) is 33.0 Å². The van der Waals surface area contributed by atoms with E-state index < -0.39 is 0 Å². The van der Waals surface area contributed by atoms with E-state index in [2.05, 4.69) is 10.3 Å². The molecule has 1 fully saturated rings. The lowest BCUT2D eigenvalue weighted by Gasteiger charge is -2.13. The van der Waals surface area contributed by atoms with Gasteiger partial charge in [0.25, 0.3) is 17.1 Å². The second-order valence-corrected chi connectivity index (χ2v) is 7.76. The van der Waals surface area contributed by atoms with Gasteiger partial charge in [-0.1, -0.05) is 36.4 Å². The molecule has 156 valence electrons. The standard InChI is InChI=1S/C23H19N3O4S/c27-21(15-30-19-8-7-17-5-1-2-6-18(17)13-19)25-10-11-26-22(28)20(31-23(26)29)12-16-4-3-9-24-14-16/h1-9,12-14H,10-11,15H2,(H,25,27). The Hall–Kier alpha value is -3.65. The number of ether oxygens (including phenoxy) is 1. The topological polar surface area (TPSA) is 88.6 Å². The summed E-state index contributed by atoms with van der Waals surface area (Å²) in [4.78, 5) is 42.1. The number of carbonyl (C=O) groups excluding carboxylic acids is 3. The van der Waals surface area contributed by atoms with Crippen LogP contribution < -0.4 is 10.1 Å². The molecule has 1 aromatic heterocycles. The van der Waals surface area contributed by atoms with E-state index in [1.807, 2.05) is 42.5 Å². The maximum Gasteiger partial charge on any atom is 0.293 e. The van der Waals surface area contributed by atoms with Crippen LogP contribution in [0, 0.1) is 0 Å². The molecule has 1 N–H and O–H groups in total. The van der Waals surface area contributed by atoms with Crippen LogP contribution in [0.3, 0.4) is 0 Å². The molecule has 2 heterocycles. The molecule has 1 aliphatic rings. The third kappa shape index (κ3) is 5.10. The first-order valence-electron chi connectivity index (χ1n) is 9.64. The van der Waals surface area contributed by atoms with E-state index in [-0.39, 0.29) is 36.7 Å². The van der Waals surface area contributed by atoms with Crippen LogP contribution in [-0.2, 0) is 9.59 Å². The summed E-state index contributed by atoms with van der Waals surface area (Å²) in [5.41, 5.74) is 0.743. The van der Waals surface area contributed by atoms with Gasteiger partial charge in [-0.3, -0.25) is 24.3 Å². The van der Waals surface area contributed by atoms with Crippen molar-refractivity contribution in [3.05, 3.63) is 77.5 Å². The van der Waals surface area contributed by atoms with Crippen LogP contribution in [-0.4, -0.2) is 46.6 Å². The zero-order valence-electron chi connectivity index (χ0n) is 16.5. The summed E-state index contributed by atoms with van der Waals surface area (Å²) in [6.07, 6.45) is 4.88. The van der Waals surface area contributed by atoms with Crippen LogP contribution in [0.2, 0.25) is 0 Å². The Bertz CT molecular complexity index is 1160. The van der Waals surface area contributed by atoms with Crippen molar-refractivity contribution in [2.75, 3.05) is 19.7 Å². The van der Waals surface area contributed by atoms with Gasteiger partial charge in [0, 0.05) is 25.5 Å². The molecular weight excluding hydrogens is 414 g/mol. The van der Waals surface area contributed by atoms with Gasteiger partial charge < -0.3 is 10.1 Å². The van der Waals surface area contributed by atoms with E-state index in [4.69, 9.17) is 4.74 Å². The Labute approximate surface area is 183 Å². The van der Waals surface area contributed by atoms with Crippen LogP contribution in [0.5, 0.6) is 5.75 Å². The molecule has 3 aromatic rings. The van der Waals surface area contributed by atoms with Crippen LogP contribution in [0.15, 0.2) is 71.9 Å². The fraction of sp³-hybridized carbons (Fsp3) is 0.130. The Morgan fingerprint density at radius 2 is 1.94 bits per heavy atom. The first-order chi connectivity index (χ1) is 15.1. The van der Waals surface area contributed by atoms with E-state index in [1.54, 1.807) is 30.6 Å². The number of imide groups is 1. The molecule has 3 amide bonds. The van der Waals surface area contributed by atoms with Gasteiger partial charge in [0.15, 0.2) is 6.61 Å². The van der Waals surface area contributed by atoms with Gasteiger partial charge in [-0.2, -0.15) is 0 Å². The lowest BCUT2D eigenvalue weighted by Crippen LogP contribution is -2.38. The summed E-state index contributed by atoms with van der Waals surface area (Å²) >= 11 is 0.877. The number of fused-ring (bicyclic) bond motifs is 1. The van der Waals surface area contributed by atoms with Gasteiger partial charge in [0.1, 0.15) is 5.75 Å². The van der Waals surface area contributed by atoms with Gasteiger partial charge in [-0.05, 0) is 52.4 Å². The van der Waals surface area contributed by atoms with Crippen LogP contribution in [0.1, 0.15) is 5.56 Å². The van der Waals surface area contributed by atoms with Gasteiger partial charge >= 0.3 is 0 Å². The maximum atomic E-state index is 12.5. The molecule has 0 unspecified atom stereocenters. The van der Waals surface area contributed by atoms with Crippen molar-refractivity contribution >= 4 is 45.7 Å². The highest BCUT2D eigenvalue weighted by Crippen LogP contribution is 2.31. The summed E-state index contributed by atoms with van der Waals surface area (Å²) < 4.78 is 5.55. The smallest absolute Gasteiger partial charge is 0.293 e. The first kappa shape index (κ1) is 20.6. The number of amides is 3. The summed E-state index contributed by atoms with van der Waals surface area (Å²) in [6, 6.07) is 17.0. The van der Waals surface area contributed by atoms with Crippen molar-refractivity contribution in [2.24, 2.45) is 0 Å². The highest BCUT2D eigenvalue weighted by Gasteiger charge is 2.34. The molecular formula is C23H19N3O4S. The number of aromatic nitrogens is 1. The lowest BCUT2D eigenvalue weighted by molar-refractivity contribution is -0.125. The van der Waals surface area contributed by atoms with Gasteiger partial charge in [-0.25, -0.2) is 0 Å². The van der Waals surface area contributed by atoms with Crippen molar-refractivity contribution in [2.45, 2.75) is 0 Å². The minimum atomic E-state index is -0.375. The van der Waals surface area contributed by atoms with Crippen LogP contribution >= 0.6 is 11.8 Å². The fourth-order valence-corrected chi connectivity index (χ4v) is 3.93. The Kier molecular flexibility index (Phi) is 6.28. The van der Waals surface area contributed by atoms with Crippen molar-refractivity contribution < 1.29 is 19.1 Å². The fourth-order valence-electron chi connectivity index (χ4n) is 3.07. The number of nitrogens with one attached hydrogen (secondary N) is 1. The molecule has 0 saturated carbocycles. The number of thioether (sulfide) groups is 1. The second-order valence-electron chi connectivity index (χ2n) is 6.77. The molecule has 0 bridgehead atoms. The Balaban J connectivity index is 1.25. The van der Waals surface area contributed by atoms with Crippen molar-refractivity contribution in [1.29, 1.82) is 0 Å². The predicted octanol–water partition coefficient (Wildman–Crippen LogP) is 3.47. The summed E-state index contributed by atoms with van der Waals surface area (Å²) in [7, 11) is 0. The number of rotatable bonds is 7. The zero-order valence-corrected chi connectivity index (χ0v) is 17.3. The average Bonchev–Trinajstić information content (AvgIpc) is 3.05. The molecule has 0 spiro atoms. The predicted molar refractivity (Wildman–Crippen MR) is 119 cm³/mol. The molecule has 0 aliphatic carbocycles. The summed E-state index contributed by atoms with van der Waals surface area (Å²) in [5.74, 6) is -0.105. The third-order valence-electron chi connectivity index (χ3n) is 4.60. The van der Waals surface area contributed by atoms with Crippen LogP contribution in [0.4, 0.5) is 4.79 Å². The number of hydrogen-bond acceptors (Lipinski definition) is 6. The number of pyridine rings is 1. The van der Waals surface area contributed by atoms with E-state index in [9.17, 15) is 14.4 Å². The monoisotopic (exact) mass is 433 g/mol. The molecule has 1 aliphatic heterocycles. The van der Waals surface area contributed by atoms with Gasteiger partial charge in [-0.15, -0.1) is 0 Å². The van der Waals surface area contributed by atoms with Gasteiger partial charge in [0.2, 0.25) is 0 Å². The summed E-state index contributed by atoms with van der Waals surface area (Å²) in [6.45, 7) is 0.0933.